The van der Waals surface area contributed by atoms with Crippen LogP contribution < -0.4 is 4.74 Å². The molecule has 0 saturated carbocycles. The first-order valence-corrected chi connectivity index (χ1v) is 10.2. The van der Waals surface area contributed by atoms with Crippen LogP contribution in [0.25, 0.3) is 0 Å². The lowest BCUT2D eigenvalue weighted by Gasteiger charge is -2.32. The molecular formula is C23H25FN2O4. The number of likely N-dealkylation sites (tertiary alicyclic amines) is 1. The molecule has 7 heteroatoms. The molecule has 1 saturated heterocycles. The van der Waals surface area contributed by atoms with E-state index in [9.17, 15) is 9.18 Å². The van der Waals surface area contributed by atoms with E-state index in [1.54, 1.807) is 18.2 Å². The second-order valence-electron chi connectivity index (χ2n) is 7.77. The standard InChI is InChI=1S/C23H25FN2O4/c1-15-21(16(2)30-25-15)12-20-9-10-22(29-20)23(27)26-11-3-4-17(13-26)14-28-19-7-5-18(24)6-8-19/h5-10,17H,3-4,11-14H2,1-2H3/t17-/m1/s1. The number of aryl methyl sites for hydroxylation is 2. The summed E-state index contributed by atoms with van der Waals surface area (Å²) in [7, 11) is 0. The van der Waals surface area contributed by atoms with Gasteiger partial charge in [-0.25, -0.2) is 4.39 Å². The van der Waals surface area contributed by atoms with Crippen LogP contribution in [0.1, 0.15) is 46.2 Å². The molecule has 0 aliphatic carbocycles. The number of carbonyl (C=O) groups excluding carboxylic acids is 1. The number of rotatable bonds is 6. The van der Waals surface area contributed by atoms with E-state index in [4.69, 9.17) is 13.7 Å². The molecule has 158 valence electrons. The maximum Gasteiger partial charge on any atom is 0.289 e. The van der Waals surface area contributed by atoms with Crippen molar-refractivity contribution < 1.29 is 22.9 Å². The third-order valence-electron chi connectivity index (χ3n) is 5.51. The molecule has 0 bridgehead atoms. The molecule has 3 heterocycles. The lowest BCUT2D eigenvalue weighted by molar-refractivity contribution is 0.0600. The van der Waals surface area contributed by atoms with Gasteiger partial charge in [0.2, 0.25) is 0 Å². The average molecular weight is 412 g/mol. The summed E-state index contributed by atoms with van der Waals surface area (Å²) in [6.07, 6.45) is 2.44. The number of piperidine rings is 1. The fourth-order valence-electron chi connectivity index (χ4n) is 3.80. The van der Waals surface area contributed by atoms with Gasteiger partial charge in [-0.3, -0.25) is 4.79 Å². The van der Waals surface area contributed by atoms with Crippen LogP contribution in [-0.2, 0) is 6.42 Å². The molecule has 1 aliphatic heterocycles. The van der Waals surface area contributed by atoms with Crippen molar-refractivity contribution in [1.82, 2.24) is 10.1 Å². The number of ether oxygens (including phenoxy) is 1. The van der Waals surface area contributed by atoms with Gasteiger partial charge in [0.05, 0.1) is 12.3 Å². The number of aromatic nitrogens is 1. The van der Waals surface area contributed by atoms with Gasteiger partial charge in [0.25, 0.3) is 5.91 Å². The van der Waals surface area contributed by atoms with Crippen molar-refractivity contribution in [2.75, 3.05) is 19.7 Å². The zero-order chi connectivity index (χ0) is 21.1. The van der Waals surface area contributed by atoms with Crippen molar-refractivity contribution in [1.29, 1.82) is 0 Å². The van der Waals surface area contributed by atoms with Crippen molar-refractivity contribution in [3.8, 4) is 5.75 Å². The minimum Gasteiger partial charge on any atom is -0.493 e. The summed E-state index contributed by atoms with van der Waals surface area (Å²) in [6, 6.07) is 9.55. The number of nitrogens with zero attached hydrogens (tertiary/aromatic N) is 2. The molecule has 0 N–H and O–H groups in total. The Hall–Kier alpha value is -3.09. The fourth-order valence-corrected chi connectivity index (χ4v) is 3.80. The highest BCUT2D eigenvalue weighted by molar-refractivity contribution is 5.91. The van der Waals surface area contributed by atoms with Crippen LogP contribution in [0.15, 0.2) is 45.3 Å². The SMILES string of the molecule is Cc1noc(C)c1Cc1ccc(C(=O)N2CCC[C@@H](COc3ccc(F)cc3)C2)o1. The Kier molecular flexibility index (Phi) is 5.88. The summed E-state index contributed by atoms with van der Waals surface area (Å²) < 4.78 is 29.8. The van der Waals surface area contributed by atoms with Crippen LogP contribution in [-0.4, -0.2) is 35.7 Å². The van der Waals surface area contributed by atoms with Crippen LogP contribution >= 0.6 is 0 Å². The third-order valence-corrected chi connectivity index (χ3v) is 5.51. The van der Waals surface area contributed by atoms with Crippen LogP contribution in [0.2, 0.25) is 0 Å². The van der Waals surface area contributed by atoms with Crippen molar-refractivity contribution in [3.63, 3.8) is 0 Å². The first-order valence-electron chi connectivity index (χ1n) is 10.2. The summed E-state index contributed by atoms with van der Waals surface area (Å²) in [4.78, 5) is 14.7. The van der Waals surface area contributed by atoms with Gasteiger partial charge in [-0.1, -0.05) is 5.16 Å². The monoisotopic (exact) mass is 412 g/mol. The predicted octanol–water partition coefficient (Wildman–Crippen LogP) is 4.55. The predicted molar refractivity (Wildman–Crippen MR) is 108 cm³/mol. The topological polar surface area (TPSA) is 68.7 Å². The van der Waals surface area contributed by atoms with E-state index in [1.807, 2.05) is 24.8 Å². The molecular weight excluding hydrogens is 387 g/mol. The molecule has 1 fully saturated rings. The Bertz CT molecular complexity index is 989. The number of benzene rings is 1. The number of halogens is 1. The van der Waals surface area contributed by atoms with Gasteiger partial charge in [0.15, 0.2) is 5.76 Å². The van der Waals surface area contributed by atoms with Crippen LogP contribution in [0.4, 0.5) is 4.39 Å². The van der Waals surface area contributed by atoms with Crippen molar-refractivity contribution >= 4 is 5.91 Å². The minimum absolute atomic E-state index is 0.105. The lowest BCUT2D eigenvalue weighted by atomic mass is 9.99. The maximum absolute atomic E-state index is 13.0. The molecule has 0 unspecified atom stereocenters. The number of carbonyl (C=O) groups is 1. The second-order valence-corrected chi connectivity index (χ2v) is 7.77. The molecule has 0 radical (unpaired) electrons. The smallest absolute Gasteiger partial charge is 0.289 e. The first-order chi connectivity index (χ1) is 14.5. The Labute approximate surface area is 174 Å². The molecule has 1 amide bonds. The van der Waals surface area contributed by atoms with E-state index in [0.717, 1.165) is 29.9 Å². The van der Waals surface area contributed by atoms with Crippen molar-refractivity contribution in [2.45, 2.75) is 33.1 Å². The number of hydrogen-bond donors (Lipinski definition) is 0. The fraction of sp³-hybridized carbons (Fsp3) is 0.391. The third kappa shape index (κ3) is 4.56. The summed E-state index contributed by atoms with van der Waals surface area (Å²) in [6.45, 7) is 5.56. The highest BCUT2D eigenvalue weighted by Crippen LogP contribution is 2.23. The number of amides is 1. The Balaban J connectivity index is 1.35. The minimum atomic E-state index is -0.288. The normalized spacial score (nSPS) is 16.6. The Morgan fingerprint density at radius 3 is 2.77 bits per heavy atom. The largest absolute Gasteiger partial charge is 0.493 e. The zero-order valence-electron chi connectivity index (χ0n) is 17.2. The summed E-state index contributed by atoms with van der Waals surface area (Å²) >= 11 is 0. The van der Waals surface area contributed by atoms with Gasteiger partial charge in [0, 0.05) is 31.0 Å². The highest BCUT2D eigenvalue weighted by Gasteiger charge is 2.27. The number of furan rings is 1. The van der Waals surface area contributed by atoms with Gasteiger partial charge in [-0.2, -0.15) is 0 Å². The van der Waals surface area contributed by atoms with E-state index in [-0.39, 0.29) is 17.6 Å². The van der Waals surface area contributed by atoms with Crippen molar-refractivity contribution in [2.24, 2.45) is 5.92 Å². The second kappa shape index (κ2) is 8.73. The first kappa shape index (κ1) is 20.2. The van der Waals surface area contributed by atoms with Gasteiger partial charge < -0.3 is 18.6 Å². The van der Waals surface area contributed by atoms with E-state index in [1.165, 1.54) is 12.1 Å². The van der Waals surface area contributed by atoms with Gasteiger partial charge in [-0.05, 0) is 63.1 Å². The molecule has 30 heavy (non-hydrogen) atoms. The molecule has 4 rings (SSSR count). The molecule has 1 aromatic carbocycles. The Morgan fingerprint density at radius 1 is 1.23 bits per heavy atom. The van der Waals surface area contributed by atoms with Gasteiger partial charge in [-0.15, -0.1) is 0 Å². The lowest BCUT2D eigenvalue weighted by Crippen LogP contribution is -2.41. The van der Waals surface area contributed by atoms with Gasteiger partial charge >= 0.3 is 0 Å². The molecule has 0 spiro atoms. The van der Waals surface area contributed by atoms with E-state index in [0.29, 0.717) is 43.4 Å². The van der Waals surface area contributed by atoms with E-state index < -0.39 is 0 Å². The van der Waals surface area contributed by atoms with E-state index in [2.05, 4.69) is 5.16 Å². The maximum atomic E-state index is 13.0. The highest BCUT2D eigenvalue weighted by atomic mass is 19.1. The average Bonchev–Trinajstić information content (AvgIpc) is 3.35. The van der Waals surface area contributed by atoms with Crippen molar-refractivity contribution in [3.05, 3.63) is 70.8 Å². The van der Waals surface area contributed by atoms with Gasteiger partial charge in [0.1, 0.15) is 23.1 Å². The van der Waals surface area contributed by atoms with Crippen LogP contribution in [0.5, 0.6) is 5.75 Å². The zero-order valence-corrected chi connectivity index (χ0v) is 17.2. The molecule has 3 aromatic rings. The van der Waals surface area contributed by atoms with Crippen LogP contribution in [0, 0.1) is 25.6 Å². The van der Waals surface area contributed by atoms with Crippen LogP contribution in [0.3, 0.4) is 0 Å². The summed E-state index contributed by atoms with van der Waals surface area (Å²) in [5.41, 5.74) is 1.82. The molecule has 6 nitrogen and oxygen atoms in total. The quantitative estimate of drug-likeness (QED) is 0.594. The van der Waals surface area contributed by atoms with E-state index >= 15 is 0 Å². The summed E-state index contributed by atoms with van der Waals surface area (Å²) in [5.74, 6) is 2.28. The summed E-state index contributed by atoms with van der Waals surface area (Å²) in [5, 5.41) is 3.96. The number of hydrogen-bond acceptors (Lipinski definition) is 5. The molecule has 1 aliphatic rings. The molecule has 1 atom stereocenters. The molecule has 2 aromatic heterocycles. The Morgan fingerprint density at radius 2 is 2.03 bits per heavy atom.